The van der Waals surface area contributed by atoms with E-state index in [9.17, 15) is 0 Å². The van der Waals surface area contributed by atoms with Crippen LogP contribution in [0.15, 0.2) is 35.5 Å². The predicted octanol–water partition coefficient (Wildman–Crippen LogP) is 1.75. The Morgan fingerprint density at radius 2 is 2.22 bits per heavy atom. The summed E-state index contributed by atoms with van der Waals surface area (Å²) in [6.45, 7) is 3.73. The van der Waals surface area contributed by atoms with Crippen molar-refractivity contribution in [1.29, 1.82) is 0 Å². The second kappa shape index (κ2) is 5.24. The molecule has 1 aromatic rings. The number of benzene rings is 1. The van der Waals surface area contributed by atoms with Crippen LogP contribution in [0.2, 0.25) is 0 Å². The summed E-state index contributed by atoms with van der Waals surface area (Å²) in [6.07, 6.45) is 1.23. The van der Waals surface area contributed by atoms with Gasteiger partial charge in [-0.05, 0) is 25.1 Å². The summed E-state index contributed by atoms with van der Waals surface area (Å²) in [7, 11) is 0. The molecule has 2 bridgehead atoms. The molecule has 2 atom stereocenters. The fourth-order valence-electron chi connectivity index (χ4n) is 2.52. The van der Waals surface area contributed by atoms with Crippen LogP contribution in [0.1, 0.15) is 12.0 Å². The number of oxime groups is 1. The Morgan fingerprint density at radius 1 is 1.33 bits per heavy atom. The second-order valence-electron chi connectivity index (χ2n) is 4.74. The number of fused-ring (bicyclic) bond motifs is 2. The highest BCUT2D eigenvalue weighted by atomic mass is 16.6. The molecule has 3 nitrogen and oxygen atoms in total. The molecule has 2 heterocycles. The molecule has 2 saturated heterocycles. The van der Waals surface area contributed by atoms with Crippen LogP contribution in [-0.2, 0) is 4.84 Å². The van der Waals surface area contributed by atoms with E-state index >= 15 is 0 Å². The van der Waals surface area contributed by atoms with Crippen LogP contribution in [0, 0.1) is 17.8 Å². The first-order chi connectivity index (χ1) is 8.92. The van der Waals surface area contributed by atoms with Gasteiger partial charge in [0.2, 0.25) is 0 Å². The minimum atomic E-state index is 0.366. The van der Waals surface area contributed by atoms with Crippen molar-refractivity contribution in [3.63, 3.8) is 0 Å². The SMILES string of the molecule is C(#Cc1ccccc1)CO/N=C1\CN2CCC1C2. The van der Waals surface area contributed by atoms with Gasteiger partial charge >= 0.3 is 0 Å². The molecule has 0 N–H and O–H groups in total. The van der Waals surface area contributed by atoms with Crippen molar-refractivity contribution in [2.24, 2.45) is 11.1 Å². The number of rotatable bonds is 2. The summed E-state index contributed by atoms with van der Waals surface area (Å²) >= 11 is 0. The standard InChI is InChI=1S/C15H16N2O/c1-2-5-13(6-3-1)7-4-10-18-16-15-12-17-9-8-14(15)11-17/h1-3,5-6,14H,8-12H2/b16-15+. The Kier molecular flexibility index (Phi) is 3.29. The Balaban J connectivity index is 1.49. The highest BCUT2D eigenvalue weighted by Crippen LogP contribution is 2.25. The first kappa shape index (κ1) is 11.3. The van der Waals surface area contributed by atoms with Gasteiger partial charge in [0.15, 0.2) is 6.61 Å². The zero-order valence-electron chi connectivity index (χ0n) is 10.3. The number of piperidine rings is 1. The van der Waals surface area contributed by atoms with E-state index in [0.717, 1.165) is 18.7 Å². The maximum atomic E-state index is 5.28. The molecular formula is C15H16N2O. The van der Waals surface area contributed by atoms with Crippen molar-refractivity contribution >= 4 is 5.71 Å². The van der Waals surface area contributed by atoms with E-state index in [1.807, 2.05) is 30.3 Å². The average Bonchev–Trinajstić information content (AvgIpc) is 3.02. The second-order valence-corrected chi connectivity index (χ2v) is 4.74. The van der Waals surface area contributed by atoms with Gasteiger partial charge < -0.3 is 4.84 Å². The minimum Gasteiger partial charge on any atom is -0.383 e. The Hall–Kier alpha value is -1.79. The molecule has 0 aromatic heterocycles. The molecule has 0 amide bonds. The summed E-state index contributed by atoms with van der Waals surface area (Å²) in [6, 6.07) is 9.92. The van der Waals surface area contributed by atoms with E-state index < -0.39 is 0 Å². The lowest BCUT2D eigenvalue weighted by atomic mass is 10.0. The molecule has 3 rings (SSSR count). The van der Waals surface area contributed by atoms with Crippen LogP contribution in [0.25, 0.3) is 0 Å². The van der Waals surface area contributed by atoms with Gasteiger partial charge in [-0.25, -0.2) is 0 Å². The highest BCUT2D eigenvalue weighted by molar-refractivity contribution is 5.91. The van der Waals surface area contributed by atoms with Crippen molar-refractivity contribution in [3.05, 3.63) is 35.9 Å². The van der Waals surface area contributed by atoms with Crippen molar-refractivity contribution in [2.75, 3.05) is 26.2 Å². The van der Waals surface area contributed by atoms with Crippen molar-refractivity contribution < 1.29 is 4.84 Å². The lowest BCUT2D eigenvalue weighted by molar-refractivity contribution is 0.177. The van der Waals surface area contributed by atoms with Crippen LogP contribution in [0.3, 0.4) is 0 Å². The first-order valence-electron chi connectivity index (χ1n) is 6.37. The van der Waals surface area contributed by atoms with E-state index in [1.165, 1.54) is 18.7 Å². The zero-order chi connectivity index (χ0) is 12.2. The summed E-state index contributed by atoms with van der Waals surface area (Å²) in [5.74, 6) is 6.66. The lowest BCUT2D eigenvalue weighted by Gasteiger charge is -2.12. The van der Waals surface area contributed by atoms with Gasteiger partial charge in [0.25, 0.3) is 0 Å². The van der Waals surface area contributed by atoms with Gasteiger partial charge in [0.1, 0.15) is 0 Å². The molecule has 3 heteroatoms. The smallest absolute Gasteiger partial charge is 0.177 e. The highest BCUT2D eigenvalue weighted by Gasteiger charge is 2.35. The lowest BCUT2D eigenvalue weighted by Crippen LogP contribution is -2.23. The Bertz CT molecular complexity index is 498. The Morgan fingerprint density at radius 3 is 2.94 bits per heavy atom. The quantitative estimate of drug-likeness (QED) is 0.447. The van der Waals surface area contributed by atoms with Crippen LogP contribution >= 0.6 is 0 Å². The average molecular weight is 240 g/mol. The third kappa shape index (κ3) is 2.55. The molecule has 2 unspecified atom stereocenters. The van der Waals surface area contributed by atoms with Crippen molar-refractivity contribution in [3.8, 4) is 11.8 Å². The van der Waals surface area contributed by atoms with Crippen molar-refractivity contribution in [1.82, 2.24) is 4.90 Å². The van der Waals surface area contributed by atoms with Crippen LogP contribution in [0.5, 0.6) is 0 Å². The van der Waals surface area contributed by atoms with Gasteiger partial charge in [0, 0.05) is 24.6 Å². The molecule has 2 aliphatic rings. The summed E-state index contributed by atoms with van der Waals surface area (Å²) in [5, 5.41) is 4.21. The first-order valence-corrected chi connectivity index (χ1v) is 6.37. The molecule has 2 aliphatic heterocycles. The molecular weight excluding hydrogens is 224 g/mol. The molecule has 0 radical (unpaired) electrons. The van der Waals surface area contributed by atoms with Gasteiger partial charge in [-0.2, -0.15) is 0 Å². The van der Waals surface area contributed by atoms with Crippen LogP contribution < -0.4 is 0 Å². The van der Waals surface area contributed by atoms with Crippen molar-refractivity contribution in [2.45, 2.75) is 6.42 Å². The molecule has 2 fully saturated rings. The number of nitrogens with zero attached hydrogens (tertiary/aromatic N) is 2. The van der Waals surface area contributed by atoms with Gasteiger partial charge in [0.05, 0.1) is 5.71 Å². The largest absolute Gasteiger partial charge is 0.383 e. The van der Waals surface area contributed by atoms with Gasteiger partial charge in [-0.1, -0.05) is 35.2 Å². The molecule has 1 aromatic carbocycles. The maximum absolute atomic E-state index is 5.28. The molecule has 92 valence electrons. The van der Waals surface area contributed by atoms with E-state index in [1.54, 1.807) is 0 Å². The molecule has 0 spiro atoms. The minimum absolute atomic E-state index is 0.366. The number of hydrogen-bond acceptors (Lipinski definition) is 3. The topological polar surface area (TPSA) is 24.8 Å². The normalized spacial score (nSPS) is 27.0. The number of hydrogen-bond donors (Lipinski definition) is 0. The predicted molar refractivity (Wildman–Crippen MR) is 71.3 cm³/mol. The van der Waals surface area contributed by atoms with Crippen LogP contribution in [-0.4, -0.2) is 36.9 Å². The van der Waals surface area contributed by atoms with E-state index in [-0.39, 0.29) is 0 Å². The summed E-state index contributed by atoms with van der Waals surface area (Å²) in [5.41, 5.74) is 2.21. The van der Waals surface area contributed by atoms with E-state index in [0.29, 0.717) is 12.5 Å². The van der Waals surface area contributed by atoms with E-state index in [2.05, 4.69) is 21.9 Å². The maximum Gasteiger partial charge on any atom is 0.177 e. The van der Waals surface area contributed by atoms with Gasteiger partial charge in [-0.3, -0.25) is 4.90 Å². The van der Waals surface area contributed by atoms with E-state index in [4.69, 9.17) is 4.84 Å². The summed E-state index contributed by atoms with van der Waals surface area (Å²) < 4.78 is 0. The summed E-state index contributed by atoms with van der Waals surface area (Å²) in [4.78, 5) is 7.70. The molecule has 0 saturated carbocycles. The third-order valence-electron chi connectivity index (χ3n) is 3.45. The molecule has 18 heavy (non-hydrogen) atoms. The Labute approximate surface area is 107 Å². The third-order valence-corrected chi connectivity index (χ3v) is 3.45. The fraction of sp³-hybridized carbons (Fsp3) is 0.400. The molecule has 0 aliphatic carbocycles. The monoisotopic (exact) mass is 240 g/mol. The van der Waals surface area contributed by atoms with Crippen LogP contribution in [0.4, 0.5) is 0 Å². The van der Waals surface area contributed by atoms with Gasteiger partial charge in [-0.15, -0.1) is 0 Å². The zero-order valence-corrected chi connectivity index (χ0v) is 10.3. The fourth-order valence-corrected chi connectivity index (χ4v) is 2.52.